The van der Waals surface area contributed by atoms with Crippen LogP contribution >= 0.6 is 10.7 Å². The average Bonchev–Trinajstić information content (AvgIpc) is 3.04. The molecule has 9 heteroatoms. The summed E-state index contributed by atoms with van der Waals surface area (Å²) in [5.41, 5.74) is 7.09. The lowest BCUT2D eigenvalue weighted by molar-refractivity contribution is -0.134. The van der Waals surface area contributed by atoms with E-state index in [1.807, 2.05) is 36.4 Å². The third-order valence-corrected chi connectivity index (χ3v) is 7.30. The van der Waals surface area contributed by atoms with Crippen LogP contribution in [0.5, 0.6) is 0 Å². The number of ether oxygens (including phenoxy) is 1. The van der Waals surface area contributed by atoms with Gasteiger partial charge in [0.25, 0.3) is 0 Å². The SMILES string of the molecule is C=C1NN(CCC)S(Cc2ccc(-c3ccccc3NS(=O)[O-])cc2)=C1C(=O)OCC. The normalized spacial score (nSPS) is 17.3. The molecule has 0 amide bonds. The van der Waals surface area contributed by atoms with E-state index in [-0.39, 0.29) is 5.97 Å². The molecule has 0 spiro atoms. The molecule has 1 heterocycles. The van der Waals surface area contributed by atoms with Crippen molar-refractivity contribution < 1.29 is 18.3 Å². The first-order chi connectivity index (χ1) is 14.9. The van der Waals surface area contributed by atoms with Crippen LogP contribution in [-0.4, -0.2) is 37.2 Å². The van der Waals surface area contributed by atoms with Crippen molar-refractivity contribution in [1.82, 2.24) is 9.84 Å². The molecule has 31 heavy (non-hydrogen) atoms. The van der Waals surface area contributed by atoms with Crippen molar-refractivity contribution in [2.45, 2.75) is 26.0 Å². The van der Waals surface area contributed by atoms with Gasteiger partial charge in [0.1, 0.15) is 4.86 Å². The summed E-state index contributed by atoms with van der Waals surface area (Å²) in [6.07, 6.45) is 0.934. The van der Waals surface area contributed by atoms with Gasteiger partial charge in [0, 0.05) is 29.1 Å². The molecular weight excluding hydrogens is 434 g/mol. The summed E-state index contributed by atoms with van der Waals surface area (Å²) in [5.74, 6) is 0.314. The maximum Gasteiger partial charge on any atom is 0.347 e. The molecule has 1 aliphatic heterocycles. The Kier molecular flexibility index (Phi) is 8.03. The molecule has 0 saturated heterocycles. The predicted molar refractivity (Wildman–Crippen MR) is 127 cm³/mol. The number of hydrogen-bond donors (Lipinski definition) is 2. The van der Waals surface area contributed by atoms with Gasteiger partial charge >= 0.3 is 5.97 Å². The van der Waals surface area contributed by atoms with Crippen LogP contribution in [0.25, 0.3) is 11.1 Å². The zero-order valence-electron chi connectivity index (χ0n) is 17.6. The molecule has 2 aromatic carbocycles. The lowest BCUT2D eigenvalue weighted by atomic mass is 10.0. The molecule has 1 aliphatic rings. The number of carbonyl (C=O) groups excluding carboxylic acids is 1. The Labute approximate surface area is 187 Å². The van der Waals surface area contributed by atoms with E-state index in [2.05, 4.69) is 28.1 Å². The summed E-state index contributed by atoms with van der Waals surface area (Å²) in [7, 11) is -0.508. The van der Waals surface area contributed by atoms with Gasteiger partial charge < -0.3 is 19.4 Å². The smallest absolute Gasteiger partial charge is 0.347 e. The summed E-state index contributed by atoms with van der Waals surface area (Å²) in [5, 5.41) is 0. The summed E-state index contributed by atoms with van der Waals surface area (Å²) in [6, 6.07) is 15.2. The first kappa shape index (κ1) is 23.2. The minimum Gasteiger partial charge on any atom is -0.755 e. The average molecular weight is 461 g/mol. The molecule has 2 N–H and O–H groups in total. The minimum absolute atomic E-state index is 0.316. The van der Waals surface area contributed by atoms with Crippen LogP contribution in [0, 0.1) is 0 Å². The Morgan fingerprint density at radius 2 is 1.94 bits per heavy atom. The van der Waals surface area contributed by atoms with Crippen LogP contribution in [0.2, 0.25) is 0 Å². The minimum atomic E-state index is -2.39. The van der Waals surface area contributed by atoms with Crippen LogP contribution < -0.4 is 10.1 Å². The third kappa shape index (κ3) is 5.62. The van der Waals surface area contributed by atoms with Crippen LogP contribution in [0.15, 0.2) is 60.8 Å². The van der Waals surface area contributed by atoms with Gasteiger partial charge in [-0.15, -0.1) is 0 Å². The second-order valence-electron chi connectivity index (χ2n) is 6.83. The number of carbonyl (C=O) groups is 1. The highest BCUT2D eigenvalue weighted by atomic mass is 32.2. The highest BCUT2D eigenvalue weighted by molar-refractivity contribution is 8.14. The Balaban J connectivity index is 1.89. The zero-order chi connectivity index (χ0) is 22.4. The van der Waals surface area contributed by atoms with Gasteiger partial charge in [-0.25, -0.2) is 4.79 Å². The van der Waals surface area contributed by atoms with Crippen LogP contribution in [0.4, 0.5) is 5.69 Å². The molecule has 2 aromatic rings. The maximum atomic E-state index is 12.5. The van der Waals surface area contributed by atoms with Crippen molar-refractivity contribution in [3.8, 4) is 11.1 Å². The van der Waals surface area contributed by atoms with E-state index in [0.29, 0.717) is 28.6 Å². The lowest BCUT2D eigenvalue weighted by Crippen LogP contribution is -2.29. The summed E-state index contributed by atoms with van der Waals surface area (Å²) in [4.78, 5) is 13.1. The molecule has 2 atom stereocenters. The summed E-state index contributed by atoms with van der Waals surface area (Å²) >= 11 is -2.39. The van der Waals surface area contributed by atoms with Gasteiger partial charge in [0.05, 0.1) is 18.0 Å². The van der Waals surface area contributed by atoms with Gasteiger partial charge in [0.15, 0.2) is 0 Å². The van der Waals surface area contributed by atoms with Gasteiger partial charge in [-0.1, -0.05) is 66.6 Å². The Morgan fingerprint density at radius 1 is 1.23 bits per heavy atom. The van der Waals surface area contributed by atoms with E-state index in [1.165, 1.54) is 0 Å². The van der Waals surface area contributed by atoms with E-state index < -0.39 is 21.9 Å². The first-order valence-corrected chi connectivity index (χ1v) is 12.4. The van der Waals surface area contributed by atoms with Gasteiger partial charge in [-0.2, -0.15) is 4.41 Å². The van der Waals surface area contributed by atoms with Crippen LogP contribution in [0.3, 0.4) is 0 Å². The first-order valence-electron chi connectivity index (χ1n) is 9.97. The maximum absolute atomic E-state index is 12.5. The molecule has 3 rings (SSSR count). The number of hydrazine groups is 1. The molecular formula is C22H26N3O4S2-. The topological polar surface area (TPSA) is 93.7 Å². The fourth-order valence-electron chi connectivity index (χ4n) is 3.30. The monoisotopic (exact) mass is 460 g/mol. The number of nitrogens with zero attached hydrogens (tertiary/aromatic N) is 1. The van der Waals surface area contributed by atoms with E-state index in [1.54, 1.807) is 19.1 Å². The zero-order valence-corrected chi connectivity index (χ0v) is 19.2. The number of esters is 1. The lowest BCUT2D eigenvalue weighted by Gasteiger charge is -2.21. The van der Waals surface area contributed by atoms with Crippen molar-refractivity contribution in [2.75, 3.05) is 17.9 Å². The molecule has 0 radical (unpaired) electrons. The van der Waals surface area contributed by atoms with E-state index >= 15 is 0 Å². The van der Waals surface area contributed by atoms with Gasteiger partial charge in [0.2, 0.25) is 0 Å². The molecule has 0 fully saturated rings. The highest BCUT2D eigenvalue weighted by Crippen LogP contribution is 2.34. The Bertz CT molecular complexity index is 1020. The highest BCUT2D eigenvalue weighted by Gasteiger charge is 2.30. The Morgan fingerprint density at radius 3 is 2.58 bits per heavy atom. The number of anilines is 1. The van der Waals surface area contributed by atoms with E-state index in [0.717, 1.165) is 29.7 Å². The van der Waals surface area contributed by atoms with Crippen molar-refractivity contribution in [1.29, 1.82) is 0 Å². The fourth-order valence-corrected chi connectivity index (χ4v) is 5.89. The fraction of sp³-hybridized carbons (Fsp3) is 0.273. The van der Waals surface area contributed by atoms with Crippen LogP contribution in [-0.2, 0) is 26.6 Å². The molecule has 0 saturated carbocycles. The van der Waals surface area contributed by atoms with Gasteiger partial charge in [-0.05, 0) is 30.5 Å². The number of nitrogens with one attached hydrogen (secondary N) is 2. The Hall–Kier alpha value is -2.46. The number of benzene rings is 2. The van der Waals surface area contributed by atoms with Crippen LogP contribution in [0.1, 0.15) is 25.8 Å². The van der Waals surface area contributed by atoms with Crippen molar-refractivity contribution >= 4 is 38.5 Å². The quantitative estimate of drug-likeness (QED) is 0.256. The second kappa shape index (κ2) is 10.7. The number of rotatable bonds is 9. The molecule has 0 bridgehead atoms. The third-order valence-electron chi connectivity index (χ3n) is 4.61. The molecule has 0 aromatic heterocycles. The predicted octanol–water partition coefficient (Wildman–Crippen LogP) is 3.72. The second-order valence-corrected chi connectivity index (χ2v) is 9.37. The largest absolute Gasteiger partial charge is 0.755 e. The molecule has 2 unspecified atom stereocenters. The molecule has 0 aliphatic carbocycles. The van der Waals surface area contributed by atoms with E-state index in [9.17, 15) is 13.6 Å². The molecule has 7 nitrogen and oxygen atoms in total. The van der Waals surface area contributed by atoms with Gasteiger partial charge in [-0.3, -0.25) is 4.21 Å². The van der Waals surface area contributed by atoms with Crippen molar-refractivity contribution in [2.24, 2.45) is 0 Å². The van der Waals surface area contributed by atoms with E-state index in [4.69, 9.17) is 4.74 Å². The standard InChI is InChI=1S/C22H27N3O4S2/c1-4-14-25-23-16(3)21(22(26)29-5-2)30(25)15-17-10-12-18(13-11-17)19-8-6-7-9-20(19)24-31(27)28/h6-13,23-24H,3-5,14-15H2,1-2H3,(H,27,28)/p-1. The van der Waals surface area contributed by atoms with Crippen molar-refractivity contribution in [3.63, 3.8) is 0 Å². The summed E-state index contributed by atoms with van der Waals surface area (Å²) in [6.45, 7) is 8.99. The number of para-hydroxylation sites is 1. The van der Waals surface area contributed by atoms with Crippen molar-refractivity contribution in [3.05, 3.63) is 66.4 Å². The summed E-state index contributed by atoms with van der Waals surface area (Å²) < 4.78 is 31.9. The molecule has 166 valence electrons. The number of hydrogen-bond acceptors (Lipinski definition) is 6.